The molecule has 0 aliphatic heterocycles. The largest absolute Gasteiger partial charge is 1.00 e. The normalized spacial score (nSPS) is 9.68. The standard InChI is InChI=1S/C13H11N3O4S.ClH/c14-7-11(17)15-13-10(5-6-21-13)12(18)8-1-3-9(4-2-8)16(19)20;/h1-6H,7,14H2,(H,15,17);1H. The number of non-ortho nitro benzene ring substituents is 1. The zero-order valence-corrected chi connectivity index (χ0v) is 12.8. The van der Waals surface area contributed by atoms with Crippen molar-refractivity contribution < 1.29 is 32.7 Å². The highest BCUT2D eigenvalue weighted by Gasteiger charge is 2.17. The number of hydrogen-bond acceptors (Lipinski definition) is 5. The van der Waals surface area contributed by atoms with E-state index in [4.69, 9.17) is 0 Å². The summed E-state index contributed by atoms with van der Waals surface area (Å²) in [5.74, 6) is -0.583. The van der Waals surface area contributed by atoms with Crippen molar-refractivity contribution >= 4 is 33.7 Å². The van der Waals surface area contributed by atoms with Crippen molar-refractivity contribution in [2.24, 2.45) is 0 Å². The Labute approximate surface area is 135 Å². The number of benzene rings is 1. The highest BCUT2D eigenvalue weighted by molar-refractivity contribution is 7.14. The molecule has 9 heteroatoms. The lowest BCUT2D eigenvalue weighted by atomic mass is 10.1. The fraction of sp³-hybridized carbons (Fsp3) is 0.0769. The number of rotatable bonds is 5. The van der Waals surface area contributed by atoms with Gasteiger partial charge >= 0.3 is 0 Å². The van der Waals surface area contributed by atoms with Crippen LogP contribution in [0.15, 0.2) is 35.7 Å². The molecule has 7 nitrogen and oxygen atoms in total. The van der Waals surface area contributed by atoms with Crippen molar-refractivity contribution in [1.82, 2.24) is 0 Å². The molecule has 0 fully saturated rings. The molecule has 1 aromatic heterocycles. The molecule has 0 aliphatic rings. The van der Waals surface area contributed by atoms with Crippen LogP contribution in [0, 0.1) is 10.1 Å². The van der Waals surface area contributed by atoms with Crippen molar-refractivity contribution in [3.63, 3.8) is 0 Å². The van der Waals surface area contributed by atoms with Crippen molar-refractivity contribution in [1.29, 1.82) is 0 Å². The number of anilines is 1. The van der Waals surface area contributed by atoms with E-state index in [0.717, 1.165) is 0 Å². The number of nitrogens with zero attached hydrogens (tertiary/aromatic N) is 1. The Morgan fingerprint density at radius 3 is 2.41 bits per heavy atom. The Kier molecular flexibility index (Phi) is 6.17. The van der Waals surface area contributed by atoms with Crippen LogP contribution in [0.2, 0.25) is 0 Å². The van der Waals surface area contributed by atoms with Gasteiger partial charge in [0.1, 0.15) is 5.00 Å². The lowest BCUT2D eigenvalue weighted by molar-refractivity contribution is -0.384. The van der Waals surface area contributed by atoms with Crippen LogP contribution in [0.4, 0.5) is 10.7 Å². The summed E-state index contributed by atoms with van der Waals surface area (Å²) in [5, 5.41) is 15.3. The molecular formula is C13H12ClN3O4S. The number of nitro groups is 1. The van der Waals surface area contributed by atoms with Crippen LogP contribution in [-0.4, -0.2) is 23.2 Å². The number of hydrogen-bond donors (Lipinski definition) is 2. The first-order chi connectivity index (χ1) is 10.0. The third-order valence-electron chi connectivity index (χ3n) is 2.73. The Morgan fingerprint density at radius 1 is 1.23 bits per heavy atom. The number of carbonyl (C=O) groups is 2. The molecule has 0 bridgehead atoms. The second-order valence-corrected chi connectivity index (χ2v) is 5.01. The van der Waals surface area contributed by atoms with Crippen molar-refractivity contribution in [2.45, 2.75) is 0 Å². The third kappa shape index (κ3) is 3.88. The van der Waals surface area contributed by atoms with Crippen LogP contribution in [-0.2, 0) is 4.79 Å². The zero-order chi connectivity index (χ0) is 15.4. The number of amides is 1. The van der Waals surface area contributed by atoms with Gasteiger partial charge in [-0.1, -0.05) is 0 Å². The molecule has 116 valence electrons. The molecule has 0 saturated heterocycles. The summed E-state index contributed by atoms with van der Waals surface area (Å²) in [6, 6.07) is 6.94. The Bertz CT molecular complexity index is 700. The van der Waals surface area contributed by atoms with Crippen molar-refractivity contribution in [2.75, 3.05) is 11.9 Å². The van der Waals surface area contributed by atoms with E-state index in [9.17, 15) is 19.7 Å². The number of quaternary nitrogens is 1. The number of nitrogens with one attached hydrogen (secondary N) is 1. The van der Waals surface area contributed by atoms with Gasteiger partial charge in [-0.25, -0.2) is 0 Å². The molecule has 22 heavy (non-hydrogen) atoms. The molecule has 0 atom stereocenters. The number of ketones is 1. The first kappa shape index (κ1) is 17.8. The van der Waals surface area contributed by atoms with E-state index in [0.29, 0.717) is 16.1 Å². The maximum Gasteiger partial charge on any atom is 0.280 e. The number of thiophene rings is 1. The third-order valence-corrected chi connectivity index (χ3v) is 3.56. The summed E-state index contributed by atoms with van der Waals surface area (Å²) in [5.41, 5.74) is 4.07. The molecule has 4 N–H and O–H groups in total. The van der Waals surface area contributed by atoms with E-state index in [1.807, 2.05) is 0 Å². The van der Waals surface area contributed by atoms with E-state index in [1.54, 1.807) is 11.4 Å². The summed E-state index contributed by atoms with van der Waals surface area (Å²) >= 11 is 1.24. The number of halogens is 1. The lowest BCUT2D eigenvalue weighted by Crippen LogP contribution is -3.00. The van der Waals surface area contributed by atoms with Gasteiger partial charge in [-0.3, -0.25) is 19.7 Å². The second-order valence-electron chi connectivity index (χ2n) is 4.09. The first-order valence-electron chi connectivity index (χ1n) is 5.98. The molecule has 0 radical (unpaired) electrons. The molecule has 1 amide bonds. The highest BCUT2D eigenvalue weighted by atomic mass is 35.5. The number of carbonyl (C=O) groups excluding carboxylic acids is 2. The van der Waals surface area contributed by atoms with E-state index in [2.05, 4.69) is 11.1 Å². The SMILES string of the molecule is [Cl-].[NH3+]CC(=O)Nc1sccc1C(=O)c1ccc([N+](=O)[O-])cc1. The summed E-state index contributed by atoms with van der Waals surface area (Å²) in [4.78, 5) is 33.8. The maximum absolute atomic E-state index is 12.3. The molecule has 1 heterocycles. The van der Waals surface area contributed by atoms with Gasteiger partial charge in [0.15, 0.2) is 12.3 Å². The van der Waals surface area contributed by atoms with Crippen LogP contribution in [0.3, 0.4) is 0 Å². The minimum absolute atomic E-state index is 0. The van der Waals surface area contributed by atoms with Gasteiger partial charge in [0.05, 0.1) is 10.5 Å². The minimum atomic E-state index is -0.529. The maximum atomic E-state index is 12.3. The van der Waals surface area contributed by atoms with E-state index in [-0.39, 0.29) is 36.3 Å². The van der Waals surface area contributed by atoms with Crippen LogP contribution in [0.5, 0.6) is 0 Å². The monoisotopic (exact) mass is 341 g/mol. The van der Waals surface area contributed by atoms with Gasteiger partial charge in [0.2, 0.25) is 0 Å². The fourth-order valence-electron chi connectivity index (χ4n) is 1.66. The number of nitro benzene ring substituents is 1. The van der Waals surface area contributed by atoms with Crippen LogP contribution >= 0.6 is 11.3 Å². The molecule has 0 unspecified atom stereocenters. The molecule has 0 aliphatic carbocycles. The summed E-state index contributed by atoms with van der Waals surface area (Å²) < 4.78 is 0. The Balaban J connectivity index is 0.00000242. The van der Waals surface area contributed by atoms with Crippen LogP contribution in [0.25, 0.3) is 0 Å². The molecule has 2 rings (SSSR count). The van der Waals surface area contributed by atoms with Gasteiger partial charge in [0, 0.05) is 17.7 Å². The summed E-state index contributed by atoms with van der Waals surface area (Å²) in [6.07, 6.45) is 0. The molecule has 2 aromatic rings. The van der Waals surface area contributed by atoms with E-state index < -0.39 is 4.92 Å². The predicted molar refractivity (Wildman–Crippen MR) is 77.2 cm³/mol. The molecule has 0 saturated carbocycles. The van der Waals surface area contributed by atoms with Gasteiger partial charge in [0.25, 0.3) is 11.6 Å². The topological polar surface area (TPSA) is 117 Å². The minimum Gasteiger partial charge on any atom is -1.00 e. The highest BCUT2D eigenvalue weighted by Crippen LogP contribution is 2.26. The molecule has 0 spiro atoms. The fourth-order valence-corrected chi connectivity index (χ4v) is 2.46. The molecule has 1 aromatic carbocycles. The van der Waals surface area contributed by atoms with Crippen molar-refractivity contribution in [3.8, 4) is 0 Å². The van der Waals surface area contributed by atoms with Gasteiger partial charge in [-0.05, 0) is 23.6 Å². The first-order valence-corrected chi connectivity index (χ1v) is 6.86. The zero-order valence-electron chi connectivity index (χ0n) is 11.2. The lowest BCUT2D eigenvalue weighted by Gasteiger charge is -2.04. The smallest absolute Gasteiger partial charge is 0.280 e. The van der Waals surface area contributed by atoms with Gasteiger partial charge in [-0.15, -0.1) is 11.3 Å². The van der Waals surface area contributed by atoms with E-state index in [1.165, 1.54) is 35.6 Å². The molecular weight excluding hydrogens is 330 g/mol. The average molecular weight is 342 g/mol. The Hall–Kier alpha value is -2.29. The van der Waals surface area contributed by atoms with E-state index >= 15 is 0 Å². The van der Waals surface area contributed by atoms with Crippen molar-refractivity contribution in [3.05, 3.63) is 57.0 Å². The van der Waals surface area contributed by atoms with Gasteiger partial charge < -0.3 is 23.5 Å². The Morgan fingerprint density at radius 2 is 1.86 bits per heavy atom. The summed E-state index contributed by atoms with van der Waals surface area (Å²) in [7, 11) is 0. The van der Waals surface area contributed by atoms with Crippen LogP contribution in [0.1, 0.15) is 15.9 Å². The van der Waals surface area contributed by atoms with Crippen LogP contribution < -0.4 is 23.5 Å². The second kappa shape index (κ2) is 7.64. The van der Waals surface area contributed by atoms with Gasteiger partial charge in [-0.2, -0.15) is 0 Å². The summed E-state index contributed by atoms with van der Waals surface area (Å²) in [6.45, 7) is 0.0725. The predicted octanol–water partition coefficient (Wildman–Crippen LogP) is -1.93. The quantitative estimate of drug-likeness (QED) is 0.374. The average Bonchev–Trinajstić information content (AvgIpc) is 2.94.